The molecule has 0 aliphatic carbocycles. The summed E-state index contributed by atoms with van der Waals surface area (Å²) < 4.78 is 4.81. The molecule has 0 aliphatic rings. The lowest BCUT2D eigenvalue weighted by atomic mass is 10.2. The molecule has 0 bridgehead atoms. The van der Waals surface area contributed by atoms with E-state index in [0.29, 0.717) is 15.9 Å². The number of hydrogen-bond acceptors (Lipinski definition) is 4. The molecule has 0 radical (unpaired) electrons. The Kier molecular flexibility index (Phi) is 2.51. The van der Waals surface area contributed by atoms with Gasteiger partial charge in [0.05, 0.1) is 5.52 Å². The molecule has 0 saturated carbocycles. The summed E-state index contributed by atoms with van der Waals surface area (Å²) >= 11 is 6.01. The molecule has 0 atom stereocenters. The van der Waals surface area contributed by atoms with E-state index in [9.17, 15) is 4.79 Å². The van der Waals surface area contributed by atoms with E-state index < -0.39 is 5.97 Å². The molecule has 5 heteroatoms. The third-order valence-corrected chi connectivity index (χ3v) is 2.18. The molecule has 15 heavy (non-hydrogen) atoms. The van der Waals surface area contributed by atoms with Crippen molar-refractivity contribution >= 4 is 28.5 Å². The van der Waals surface area contributed by atoms with Gasteiger partial charge >= 0.3 is 5.97 Å². The van der Waals surface area contributed by atoms with E-state index in [1.807, 2.05) is 12.1 Å². The fourth-order valence-corrected chi connectivity index (χ4v) is 1.44. The molecule has 1 heterocycles. The van der Waals surface area contributed by atoms with Crippen LogP contribution in [-0.2, 0) is 4.79 Å². The van der Waals surface area contributed by atoms with Gasteiger partial charge in [0.25, 0.3) is 5.88 Å². The summed E-state index contributed by atoms with van der Waals surface area (Å²) in [4.78, 5) is 10.8. The average Bonchev–Trinajstić information content (AvgIpc) is 2.22. The van der Waals surface area contributed by atoms with Crippen molar-refractivity contribution in [1.29, 1.82) is 0 Å². The maximum absolute atomic E-state index is 10.8. The highest BCUT2D eigenvalue weighted by Crippen LogP contribution is 2.28. The third-order valence-electron chi connectivity index (χ3n) is 1.82. The summed E-state index contributed by atoms with van der Waals surface area (Å²) in [6.07, 6.45) is 0. The number of carbonyl (C=O) groups is 1. The molecule has 1 aromatic carbocycles. The summed E-state index contributed by atoms with van der Waals surface area (Å²) in [6.45, 7) is 1.28. The van der Waals surface area contributed by atoms with Gasteiger partial charge in [-0.3, -0.25) is 4.79 Å². The summed E-state index contributed by atoms with van der Waals surface area (Å²) in [5.74, 6) is -0.427. The second kappa shape index (κ2) is 3.82. The Morgan fingerprint density at radius 3 is 2.80 bits per heavy atom. The van der Waals surface area contributed by atoms with Crippen LogP contribution in [0.5, 0.6) is 5.88 Å². The van der Waals surface area contributed by atoms with Gasteiger partial charge in [-0.05, 0) is 6.07 Å². The van der Waals surface area contributed by atoms with Crippen LogP contribution in [0.1, 0.15) is 6.92 Å². The van der Waals surface area contributed by atoms with Crippen LogP contribution in [0.2, 0.25) is 5.02 Å². The quantitative estimate of drug-likeness (QED) is 0.695. The van der Waals surface area contributed by atoms with Crippen LogP contribution < -0.4 is 4.74 Å². The number of halogens is 1. The minimum absolute atomic E-state index is 0.0443. The lowest BCUT2D eigenvalue weighted by Gasteiger charge is -2.03. The van der Waals surface area contributed by atoms with Gasteiger partial charge in [0.2, 0.25) is 0 Å². The summed E-state index contributed by atoms with van der Waals surface area (Å²) in [5.41, 5.74) is 0.665. The van der Waals surface area contributed by atoms with Crippen LogP contribution in [0.15, 0.2) is 24.3 Å². The monoisotopic (exact) mass is 222 g/mol. The van der Waals surface area contributed by atoms with Crippen LogP contribution in [-0.4, -0.2) is 16.2 Å². The van der Waals surface area contributed by atoms with Gasteiger partial charge in [-0.1, -0.05) is 29.8 Å². The molecule has 2 aromatic rings. The van der Waals surface area contributed by atoms with E-state index in [2.05, 4.69) is 10.2 Å². The molecule has 76 valence electrons. The Labute approximate surface area is 90.8 Å². The Bertz CT molecular complexity index is 528. The van der Waals surface area contributed by atoms with Crippen molar-refractivity contribution in [3.05, 3.63) is 29.3 Å². The Balaban J connectivity index is 2.59. The second-order valence-corrected chi connectivity index (χ2v) is 3.31. The van der Waals surface area contributed by atoms with Crippen molar-refractivity contribution in [2.75, 3.05) is 0 Å². The van der Waals surface area contributed by atoms with E-state index in [-0.39, 0.29) is 5.88 Å². The topological polar surface area (TPSA) is 52.1 Å². The smallest absolute Gasteiger partial charge is 0.309 e. The van der Waals surface area contributed by atoms with Gasteiger partial charge in [-0.25, -0.2) is 0 Å². The highest BCUT2D eigenvalue weighted by molar-refractivity contribution is 6.36. The van der Waals surface area contributed by atoms with Gasteiger partial charge in [0.15, 0.2) is 0 Å². The highest BCUT2D eigenvalue weighted by Gasteiger charge is 2.10. The van der Waals surface area contributed by atoms with Crippen LogP contribution in [0.25, 0.3) is 10.9 Å². The molecular weight excluding hydrogens is 216 g/mol. The lowest BCUT2D eigenvalue weighted by molar-refractivity contribution is -0.132. The van der Waals surface area contributed by atoms with Crippen LogP contribution in [0.4, 0.5) is 0 Å². The number of fused-ring (bicyclic) bond motifs is 1. The molecule has 0 fully saturated rings. The van der Waals surface area contributed by atoms with Crippen LogP contribution in [0, 0.1) is 0 Å². The molecule has 4 nitrogen and oxygen atoms in total. The van der Waals surface area contributed by atoms with E-state index in [1.54, 1.807) is 12.1 Å². The highest BCUT2D eigenvalue weighted by atomic mass is 35.5. The molecular formula is C10H7ClN2O2. The van der Waals surface area contributed by atoms with Gasteiger partial charge in [0, 0.05) is 12.3 Å². The first-order chi connectivity index (χ1) is 7.18. The van der Waals surface area contributed by atoms with Crippen molar-refractivity contribution in [2.45, 2.75) is 6.92 Å². The fraction of sp³-hybridized carbons (Fsp3) is 0.100. The fourth-order valence-electron chi connectivity index (χ4n) is 1.21. The average molecular weight is 223 g/mol. The number of nitrogens with zero attached hydrogens (tertiary/aromatic N) is 2. The van der Waals surface area contributed by atoms with E-state index in [1.165, 1.54) is 6.92 Å². The second-order valence-electron chi connectivity index (χ2n) is 2.93. The van der Waals surface area contributed by atoms with Crippen molar-refractivity contribution in [3.8, 4) is 5.88 Å². The van der Waals surface area contributed by atoms with Crippen LogP contribution >= 0.6 is 11.6 Å². The number of esters is 1. The number of rotatable bonds is 1. The van der Waals surface area contributed by atoms with Crippen LogP contribution in [0.3, 0.4) is 0 Å². The normalized spacial score (nSPS) is 10.3. The Morgan fingerprint density at radius 1 is 1.33 bits per heavy atom. The number of ether oxygens (including phenoxy) is 1. The molecule has 0 amide bonds. The zero-order valence-corrected chi connectivity index (χ0v) is 8.65. The van der Waals surface area contributed by atoms with E-state index in [4.69, 9.17) is 16.3 Å². The molecule has 0 aliphatic heterocycles. The number of aromatic nitrogens is 2. The van der Waals surface area contributed by atoms with Crippen molar-refractivity contribution in [3.63, 3.8) is 0 Å². The minimum Gasteiger partial charge on any atom is -0.404 e. The Hall–Kier alpha value is -1.68. The largest absolute Gasteiger partial charge is 0.404 e. The van der Waals surface area contributed by atoms with Gasteiger partial charge in [-0.2, -0.15) is 0 Å². The van der Waals surface area contributed by atoms with E-state index in [0.717, 1.165) is 0 Å². The predicted molar refractivity (Wildman–Crippen MR) is 55.9 cm³/mol. The van der Waals surface area contributed by atoms with Crippen molar-refractivity contribution < 1.29 is 9.53 Å². The molecule has 2 rings (SSSR count). The lowest BCUT2D eigenvalue weighted by Crippen LogP contribution is -2.04. The van der Waals surface area contributed by atoms with Crippen molar-refractivity contribution in [1.82, 2.24) is 10.2 Å². The first kappa shape index (κ1) is 9.86. The van der Waals surface area contributed by atoms with Gasteiger partial charge < -0.3 is 4.74 Å². The SMILES string of the molecule is CC(=O)Oc1nnc2ccccc2c1Cl. The standard InChI is InChI=1S/C10H7ClN2O2/c1-6(14)15-10-9(11)7-4-2-3-5-8(7)12-13-10/h2-5H,1H3. The molecule has 0 spiro atoms. The summed E-state index contributed by atoms with van der Waals surface area (Å²) in [6, 6.07) is 7.23. The maximum Gasteiger partial charge on any atom is 0.309 e. The molecule has 0 N–H and O–H groups in total. The zero-order chi connectivity index (χ0) is 10.8. The van der Waals surface area contributed by atoms with Crippen molar-refractivity contribution in [2.24, 2.45) is 0 Å². The van der Waals surface area contributed by atoms with Gasteiger partial charge in [-0.15, -0.1) is 10.2 Å². The number of carbonyl (C=O) groups excluding carboxylic acids is 1. The zero-order valence-electron chi connectivity index (χ0n) is 7.90. The molecule has 0 saturated heterocycles. The van der Waals surface area contributed by atoms with Gasteiger partial charge in [0.1, 0.15) is 5.02 Å². The number of benzene rings is 1. The summed E-state index contributed by atoms with van der Waals surface area (Å²) in [5, 5.41) is 8.62. The maximum atomic E-state index is 10.8. The first-order valence-corrected chi connectivity index (χ1v) is 4.65. The number of hydrogen-bond donors (Lipinski definition) is 0. The Morgan fingerprint density at radius 2 is 2.07 bits per heavy atom. The molecule has 1 aromatic heterocycles. The summed E-state index contributed by atoms with van der Waals surface area (Å²) in [7, 11) is 0. The molecule has 0 unspecified atom stereocenters. The first-order valence-electron chi connectivity index (χ1n) is 4.28. The third kappa shape index (κ3) is 1.89. The minimum atomic E-state index is -0.471. The van der Waals surface area contributed by atoms with E-state index >= 15 is 0 Å². The predicted octanol–water partition coefficient (Wildman–Crippen LogP) is 2.21.